The molecule has 23 heavy (non-hydrogen) atoms. The Hall–Kier alpha value is -2.99. The second-order valence-corrected chi connectivity index (χ2v) is 5.02. The number of para-hydroxylation sites is 1. The molecule has 0 radical (unpaired) electrons. The van der Waals surface area contributed by atoms with Gasteiger partial charge in [-0.25, -0.2) is 4.98 Å². The number of nitrogens with zero attached hydrogens (tertiary/aromatic N) is 4. The Bertz CT molecular complexity index is 827. The maximum atomic E-state index is 11.8. The van der Waals surface area contributed by atoms with Gasteiger partial charge in [0, 0.05) is 12.3 Å². The zero-order valence-corrected chi connectivity index (χ0v) is 12.7. The van der Waals surface area contributed by atoms with Crippen molar-refractivity contribution in [3.63, 3.8) is 0 Å². The Kier molecular flexibility index (Phi) is 4.44. The maximum Gasteiger partial charge on any atom is 0.249 e. The summed E-state index contributed by atoms with van der Waals surface area (Å²) in [5.41, 5.74) is 1.43. The summed E-state index contributed by atoms with van der Waals surface area (Å²) in [5.74, 6) is 0.117. The van der Waals surface area contributed by atoms with E-state index in [0.717, 1.165) is 5.69 Å². The maximum absolute atomic E-state index is 11.8. The van der Waals surface area contributed by atoms with Crippen molar-refractivity contribution in [2.24, 2.45) is 0 Å². The van der Waals surface area contributed by atoms with Crippen LogP contribution in [0.3, 0.4) is 0 Å². The molecule has 0 aliphatic carbocycles. The monoisotopic (exact) mass is 325 g/mol. The molecule has 0 bridgehead atoms. The summed E-state index contributed by atoms with van der Waals surface area (Å²) < 4.78 is 0. The molecule has 0 saturated carbocycles. The van der Waals surface area contributed by atoms with Gasteiger partial charge in [-0.1, -0.05) is 29.8 Å². The first-order chi connectivity index (χ1) is 11.2. The number of nitrogens with one attached hydrogen (secondary N) is 1. The van der Waals surface area contributed by atoms with Gasteiger partial charge in [-0.2, -0.15) is 9.90 Å². The molecule has 0 atom stereocenters. The molecule has 0 fully saturated rings. The highest BCUT2D eigenvalue weighted by Gasteiger charge is 2.02. The molecule has 0 aliphatic rings. The van der Waals surface area contributed by atoms with E-state index < -0.39 is 0 Å². The summed E-state index contributed by atoms with van der Waals surface area (Å²) in [6.07, 6.45) is 6.00. The van der Waals surface area contributed by atoms with Crippen LogP contribution in [-0.2, 0) is 4.79 Å². The van der Waals surface area contributed by atoms with Crippen molar-refractivity contribution in [2.75, 3.05) is 5.32 Å². The molecule has 114 valence electrons. The van der Waals surface area contributed by atoms with Crippen molar-refractivity contribution < 1.29 is 4.79 Å². The number of pyridine rings is 1. The summed E-state index contributed by atoms with van der Waals surface area (Å²) in [7, 11) is 0. The fourth-order valence-corrected chi connectivity index (χ4v) is 1.93. The molecule has 3 rings (SSSR count). The van der Waals surface area contributed by atoms with Crippen LogP contribution in [0.25, 0.3) is 11.8 Å². The highest BCUT2D eigenvalue weighted by atomic mass is 35.5. The summed E-state index contributed by atoms with van der Waals surface area (Å²) in [4.78, 5) is 17.3. The van der Waals surface area contributed by atoms with Gasteiger partial charge in [0.15, 0.2) is 0 Å². The Morgan fingerprint density at radius 1 is 1.13 bits per heavy atom. The van der Waals surface area contributed by atoms with E-state index in [-0.39, 0.29) is 5.91 Å². The number of rotatable bonds is 4. The first-order valence-corrected chi connectivity index (χ1v) is 7.17. The topological polar surface area (TPSA) is 72.7 Å². The number of hydrogen-bond donors (Lipinski definition) is 1. The van der Waals surface area contributed by atoms with Gasteiger partial charge in [-0.15, -0.1) is 5.10 Å². The minimum absolute atomic E-state index is 0.311. The lowest BCUT2D eigenvalue weighted by atomic mass is 10.3. The third-order valence-electron chi connectivity index (χ3n) is 2.88. The molecular formula is C16H12ClN5O. The van der Waals surface area contributed by atoms with Gasteiger partial charge < -0.3 is 5.32 Å². The third-order valence-corrected chi connectivity index (χ3v) is 3.10. The average molecular weight is 326 g/mol. The second kappa shape index (κ2) is 6.85. The predicted octanol–water partition coefficient (Wildman–Crippen LogP) is 2.97. The van der Waals surface area contributed by atoms with Crippen LogP contribution >= 0.6 is 11.6 Å². The summed E-state index contributed by atoms with van der Waals surface area (Å²) in [6, 6.07) is 12.8. The Labute approximate surface area is 137 Å². The Morgan fingerprint density at radius 2 is 1.96 bits per heavy atom. The highest BCUT2D eigenvalue weighted by Crippen LogP contribution is 2.10. The smallest absolute Gasteiger partial charge is 0.249 e. The van der Waals surface area contributed by atoms with Gasteiger partial charge in [-0.05, 0) is 30.3 Å². The largest absolute Gasteiger partial charge is 0.307 e. The zero-order chi connectivity index (χ0) is 16.1. The first kappa shape index (κ1) is 14.9. The fraction of sp³-hybridized carbons (Fsp3) is 0. The molecule has 0 aliphatic heterocycles. The SMILES string of the molecule is O=C(/C=C/c1cnn(-c2ccccc2)n1)Nc1ccc(Cl)cn1. The molecule has 2 heterocycles. The van der Waals surface area contributed by atoms with E-state index >= 15 is 0 Å². The van der Waals surface area contributed by atoms with Crippen molar-refractivity contribution in [1.29, 1.82) is 0 Å². The molecule has 7 heteroatoms. The van der Waals surface area contributed by atoms with E-state index in [4.69, 9.17) is 11.6 Å². The molecule has 0 spiro atoms. The quantitative estimate of drug-likeness (QED) is 0.748. The number of benzene rings is 1. The Balaban J connectivity index is 1.65. The van der Waals surface area contributed by atoms with Crippen molar-refractivity contribution in [2.45, 2.75) is 0 Å². The molecule has 1 amide bonds. The minimum Gasteiger partial charge on any atom is -0.307 e. The van der Waals surface area contributed by atoms with Crippen LogP contribution in [0.1, 0.15) is 5.69 Å². The fourth-order valence-electron chi connectivity index (χ4n) is 1.82. The number of hydrogen-bond acceptors (Lipinski definition) is 4. The summed E-state index contributed by atoms with van der Waals surface area (Å²) in [5, 5.41) is 11.6. The van der Waals surface area contributed by atoms with Gasteiger partial charge in [0.2, 0.25) is 5.91 Å². The van der Waals surface area contributed by atoms with Crippen molar-refractivity contribution >= 4 is 29.4 Å². The van der Waals surface area contributed by atoms with Crippen LogP contribution in [0.5, 0.6) is 0 Å². The molecule has 0 unspecified atom stereocenters. The first-order valence-electron chi connectivity index (χ1n) is 6.79. The Morgan fingerprint density at radius 3 is 2.70 bits per heavy atom. The number of amides is 1. The molecule has 1 N–H and O–H groups in total. The zero-order valence-electron chi connectivity index (χ0n) is 11.9. The van der Waals surface area contributed by atoms with Crippen molar-refractivity contribution in [1.82, 2.24) is 20.0 Å². The van der Waals surface area contributed by atoms with E-state index in [2.05, 4.69) is 20.5 Å². The molecule has 1 aromatic carbocycles. The molecule has 3 aromatic rings. The average Bonchev–Trinajstić information content (AvgIpc) is 3.05. The summed E-state index contributed by atoms with van der Waals surface area (Å²) >= 11 is 5.74. The van der Waals surface area contributed by atoms with Gasteiger partial charge in [0.05, 0.1) is 16.9 Å². The standard InChI is InChI=1S/C16H12ClN5O/c17-12-6-8-15(18-10-12)20-16(23)9-7-13-11-19-22(21-13)14-4-2-1-3-5-14/h1-11H,(H,18,20,23)/b9-7+. The lowest BCUT2D eigenvalue weighted by Crippen LogP contribution is -2.08. The van der Waals surface area contributed by atoms with Gasteiger partial charge in [0.25, 0.3) is 0 Å². The van der Waals surface area contributed by atoms with E-state index in [0.29, 0.717) is 16.5 Å². The van der Waals surface area contributed by atoms with Crippen LogP contribution in [0, 0.1) is 0 Å². The van der Waals surface area contributed by atoms with Crippen molar-refractivity contribution in [3.05, 3.63) is 71.7 Å². The van der Waals surface area contributed by atoms with E-state index in [1.807, 2.05) is 30.3 Å². The summed E-state index contributed by atoms with van der Waals surface area (Å²) in [6.45, 7) is 0. The highest BCUT2D eigenvalue weighted by molar-refractivity contribution is 6.30. The van der Waals surface area contributed by atoms with E-state index in [1.165, 1.54) is 17.1 Å². The van der Waals surface area contributed by atoms with Crippen LogP contribution in [0.15, 0.2) is 60.9 Å². The number of carbonyl (C=O) groups excluding carboxylic acids is 1. The van der Waals surface area contributed by atoms with Gasteiger partial charge in [0.1, 0.15) is 11.5 Å². The number of halogens is 1. The van der Waals surface area contributed by atoms with Crippen LogP contribution in [0.2, 0.25) is 5.02 Å². The van der Waals surface area contributed by atoms with Crippen LogP contribution in [0.4, 0.5) is 5.82 Å². The molecule has 6 nitrogen and oxygen atoms in total. The number of carbonyl (C=O) groups is 1. The lowest BCUT2D eigenvalue weighted by Gasteiger charge is -1.99. The lowest BCUT2D eigenvalue weighted by molar-refractivity contribution is -0.111. The minimum atomic E-state index is -0.311. The van der Waals surface area contributed by atoms with Gasteiger partial charge >= 0.3 is 0 Å². The number of anilines is 1. The number of aromatic nitrogens is 4. The normalized spacial score (nSPS) is 10.8. The second-order valence-electron chi connectivity index (χ2n) is 4.58. The molecular weight excluding hydrogens is 314 g/mol. The molecule has 0 saturated heterocycles. The van der Waals surface area contributed by atoms with Crippen LogP contribution < -0.4 is 5.32 Å². The molecule has 2 aromatic heterocycles. The predicted molar refractivity (Wildman–Crippen MR) is 88.3 cm³/mol. The van der Waals surface area contributed by atoms with Crippen molar-refractivity contribution in [3.8, 4) is 5.69 Å². The van der Waals surface area contributed by atoms with Gasteiger partial charge in [-0.3, -0.25) is 4.79 Å². The van der Waals surface area contributed by atoms with Crippen LogP contribution in [-0.4, -0.2) is 25.9 Å². The van der Waals surface area contributed by atoms with E-state index in [9.17, 15) is 4.79 Å². The van der Waals surface area contributed by atoms with E-state index in [1.54, 1.807) is 24.4 Å². The third kappa shape index (κ3) is 4.02.